The van der Waals surface area contributed by atoms with Crippen LogP contribution in [0.25, 0.3) is 0 Å². The van der Waals surface area contributed by atoms with E-state index < -0.39 is 12.0 Å². The Bertz CT molecular complexity index is 529. The van der Waals surface area contributed by atoms with Gasteiger partial charge in [0.2, 0.25) is 0 Å². The molecule has 0 heterocycles. The quantitative estimate of drug-likeness (QED) is 0.525. The Morgan fingerprint density at radius 2 is 1.62 bits per heavy atom. The molecule has 1 atom stereocenters. The van der Waals surface area contributed by atoms with E-state index in [-0.39, 0.29) is 11.9 Å². The molecule has 0 radical (unpaired) electrons. The second-order valence-electron chi connectivity index (χ2n) is 5.44. The van der Waals surface area contributed by atoms with Gasteiger partial charge in [0.15, 0.2) is 0 Å². The van der Waals surface area contributed by atoms with Crippen molar-refractivity contribution in [2.24, 2.45) is 0 Å². The highest BCUT2D eigenvalue weighted by Gasteiger charge is 2.21. The fourth-order valence-electron chi connectivity index (χ4n) is 2.30. The van der Waals surface area contributed by atoms with Crippen LogP contribution in [0.3, 0.4) is 0 Å². The van der Waals surface area contributed by atoms with E-state index in [4.69, 9.17) is 4.74 Å². The van der Waals surface area contributed by atoms with Crippen LogP contribution in [-0.4, -0.2) is 38.1 Å². The second-order valence-corrected chi connectivity index (χ2v) is 5.44. The number of carbonyl (C=O) groups excluding carboxylic acids is 3. The van der Waals surface area contributed by atoms with Crippen LogP contribution in [0.15, 0.2) is 30.3 Å². The first-order chi connectivity index (χ1) is 11.6. The van der Waals surface area contributed by atoms with Gasteiger partial charge in [-0.2, -0.15) is 0 Å². The fraction of sp³-hybridized carbons (Fsp3) is 0.500. The summed E-state index contributed by atoms with van der Waals surface area (Å²) in [6.07, 6.45) is 4.16. The van der Waals surface area contributed by atoms with E-state index in [2.05, 4.69) is 10.1 Å². The van der Waals surface area contributed by atoms with Gasteiger partial charge in [0.25, 0.3) is 5.91 Å². The van der Waals surface area contributed by atoms with Crippen molar-refractivity contribution in [2.45, 2.75) is 44.6 Å². The topological polar surface area (TPSA) is 81.7 Å². The van der Waals surface area contributed by atoms with E-state index in [9.17, 15) is 14.4 Å². The van der Waals surface area contributed by atoms with Crippen LogP contribution in [0.5, 0.6) is 0 Å². The summed E-state index contributed by atoms with van der Waals surface area (Å²) in [6.45, 7) is 0. The molecular formula is C18H25NO5. The normalized spacial score (nSPS) is 11.4. The van der Waals surface area contributed by atoms with Crippen molar-refractivity contribution in [1.29, 1.82) is 0 Å². The lowest BCUT2D eigenvalue weighted by molar-refractivity contribution is -0.143. The molecule has 24 heavy (non-hydrogen) atoms. The van der Waals surface area contributed by atoms with E-state index in [1.165, 1.54) is 14.2 Å². The maximum Gasteiger partial charge on any atom is 0.328 e. The number of nitrogens with one attached hydrogen (secondary N) is 1. The van der Waals surface area contributed by atoms with Gasteiger partial charge >= 0.3 is 11.9 Å². The number of unbranched alkanes of at least 4 members (excludes halogenated alkanes) is 3. The minimum atomic E-state index is -0.664. The average Bonchev–Trinajstić information content (AvgIpc) is 2.63. The smallest absolute Gasteiger partial charge is 0.328 e. The summed E-state index contributed by atoms with van der Waals surface area (Å²) in [5.41, 5.74) is 0.504. The highest BCUT2D eigenvalue weighted by atomic mass is 16.5. The molecule has 1 aromatic rings. The summed E-state index contributed by atoms with van der Waals surface area (Å²) in [5, 5.41) is 2.71. The van der Waals surface area contributed by atoms with Crippen LogP contribution in [0.1, 0.15) is 48.9 Å². The average molecular weight is 335 g/mol. The summed E-state index contributed by atoms with van der Waals surface area (Å²) in [7, 11) is 2.68. The third-order valence-corrected chi connectivity index (χ3v) is 3.68. The molecule has 1 N–H and O–H groups in total. The van der Waals surface area contributed by atoms with Crippen molar-refractivity contribution >= 4 is 17.8 Å². The van der Waals surface area contributed by atoms with Gasteiger partial charge in [-0.15, -0.1) is 0 Å². The monoisotopic (exact) mass is 335 g/mol. The molecule has 0 bridgehead atoms. The molecule has 0 spiro atoms. The second kappa shape index (κ2) is 11.2. The molecule has 1 aromatic carbocycles. The SMILES string of the molecule is COC(=O)CCCCCCC(NC(=O)c1ccccc1)C(=O)OC. The van der Waals surface area contributed by atoms with Crippen LogP contribution < -0.4 is 5.32 Å². The van der Waals surface area contributed by atoms with Gasteiger partial charge in [-0.1, -0.05) is 37.5 Å². The number of esters is 2. The Morgan fingerprint density at radius 3 is 2.25 bits per heavy atom. The highest BCUT2D eigenvalue weighted by molar-refractivity contribution is 5.96. The molecule has 0 fully saturated rings. The van der Waals surface area contributed by atoms with Crippen LogP contribution in [0.2, 0.25) is 0 Å². The summed E-state index contributed by atoms with van der Waals surface area (Å²) in [6, 6.07) is 8.08. The number of methoxy groups -OCH3 is 2. The first kappa shape index (κ1) is 19.7. The van der Waals surface area contributed by atoms with Crippen molar-refractivity contribution in [3.63, 3.8) is 0 Å². The molecule has 0 saturated carbocycles. The Kier molecular flexibility index (Phi) is 9.19. The molecule has 0 aliphatic carbocycles. The third-order valence-electron chi connectivity index (χ3n) is 3.68. The molecular weight excluding hydrogens is 310 g/mol. The number of hydrogen-bond donors (Lipinski definition) is 1. The number of carbonyl (C=O) groups is 3. The Morgan fingerprint density at radius 1 is 0.958 bits per heavy atom. The standard InChI is InChI=1S/C18H25NO5/c1-23-16(20)13-9-4-3-8-12-15(18(22)24-2)19-17(21)14-10-6-5-7-11-14/h5-7,10-11,15H,3-4,8-9,12-13H2,1-2H3,(H,19,21). The molecule has 0 aliphatic rings. The minimum absolute atomic E-state index is 0.211. The number of hydrogen-bond acceptors (Lipinski definition) is 5. The molecule has 1 rings (SSSR count). The summed E-state index contributed by atoms with van der Waals surface area (Å²) in [5.74, 6) is -0.955. The van der Waals surface area contributed by atoms with E-state index in [1.807, 2.05) is 6.07 Å². The van der Waals surface area contributed by atoms with E-state index in [1.54, 1.807) is 24.3 Å². The zero-order chi connectivity index (χ0) is 17.8. The Balaban J connectivity index is 2.39. The van der Waals surface area contributed by atoms with Gasteiger partial charge in [0, 0.05) is 12.0 Å². The maximum absolute atomic E-state index is 12.1. The molecule has 6 nitrogen and oxygen atoms in total. The zero-order valence-electron chi connectivity index (χ0n) is 14.2. The molecule has 0 aromatic heterocycles. The van der Waals surface area contributed by atoms with Crippen LogP contribution in [0, 0.1) is 0 Å². The van der Waals surface area contributed by atoms with Gasteiger partial charge in [0.05, 0.1) is 14.2 Å². The van der Waals surface area contributed by atoms with Gasteiger partial charge in [-0.3, -0.25) is 9.59 Å². The lowest BCUT2D eigenvalue weighted by Crippen LogP contribution is -2.41. The van der Waals surface area contributed by atoms with Crippen LogP contribution in [0.4, 0.5) is 0 Å². The molecule has 6 heteroatoms. The Labute approximate surface area is 142 Å². The van der Waals surface area contributed by atoms with Crippen LogP contribution >= 0.6 is 0 Å². The number of amides is 1. The summed E-state index contributed by atoms with van der Waals surface area (Å²) in [4.78, 5) is 35.0. The molecule has 0 saturated heterocycles. The fourth-order valence-corrected chi connectivity index (χ4v) is 2.30. The van der Waals surface area contributed by atoms with Crippen molar-refractivity contribution in [2.75, 3.05) is 14.2 Å². The van der Waals surface area contributed by atoms with Gasteiger partial charge < -0.3 is 14.8 Å². The molecule has 1 amide bonds. The molecule has 1 unspecified atom stereocenters. The Hall–Kier alpha value is -2.37. The summed E-state index contributed by atoms with van der Waals surface area (Å²) >= 11 is 0. The van der Waals surface area contributed by atoms with E-state index >= 15 is 0 Å². The minimum Gasteiger partial charge on any atom is -0.469 e. The largest absolute Gasteiger partial charge is 0.469 e. The van der Waals surface area contributed by atoms with Crippen LogP contribution in [-0.2, 0) is 19.1 Å². The predicted molar refractivity (Wildman–Crippen MR) is 89.4 cm³/mol. The zero-order valence-corrected chi connectivity index (χ0v) is 14.2. The van der Waals surface area contributed by atoms with Gasteiger partial charge in [-0.25, -0.2) is 4.79 Å². The first-order valence-electron chi connectivity index (χ1n) is 8.09. The predicted octanol–water partition coefficient (Wildman–Crippen LogP) is 2.47. The van der Waals surface area contributed by atoms with Crippen molar-refractivity contribution in [1.82, 2.24) is 5.32 Å². The lowest BCUT2D eigenvalue weighted by Gasteiger charge is -2.16. The number of rotatable bonds is 10. The van der Waals surface area contributed by atoms with E-state index in [0.717, 1.165) is 25.7 Å². The molecule has 0 aliphatic heterocycles. The first-order valence-corrected chi connectivity index (χ1v) is 8.09. The molecule has 132 valence electrons. The summed E-state index contributed by atoms with van der Waals surface area (Å²) < 4.78 is 9.34. The highest BCUT2D eigenvalue weighted by Crippen LogP contribution is 2.10. The lowest BCUT2D eigenvalue weighted by atomic mass is 10.1. The van der Waals surface area contributed by atoms with Gasteiger partial charge in [-0.05, 0) is 25.0 Å². The third kappa shape index (κ3) is 7.26. The van der Waals surface area contributed by atoms with Crippen molar-refractivity contribution in [3.8, 4) is 0 Å². The van der Waals surface area contributed by atoms with Crippen molar-refractivity contribution in [3.05, 3.63) is 35.9 Å². The van der Waals surface area contributed by atoms with Crippen molar-refractivity contribution < 1.29 is 23.9 Å². The maximum atomic E-state index is 12.1. The van der Waals surface area contributed by atoms with E-state index in [0.29, 0.717) is 18.4 Å². The number of benzene rings is 1. The number of ether oxygens (including phenoxy) is 2. The van der Waals surface area contributed by atoms with Gasteiger partial charge in [0.1, 0.15) is 6.04 Å².